The van der Waals surface area contributed by atoms with Crippen LogP contribution in [-0.4, -0.2) is 11.7 Å². The molecule has 0 aromatic heterocycles. The fourth-order valence-electron chi connectivity index (χ4n) is 2.30. The minimum atomic E-state index is 0.231. The van der Waals surface area contributed by atoms with Crippen molar-refractivity contribution in [3.63, 3.8) is 0 Å². The number of benzene rings is 1. The molecule has 0 fully saturated rings. The first-order chi connectivity index (χ1) is 7.24. The van der Waals surface area contributed by atoms with E-state index in [1.165, 1.54) is 16.7 Å². The van der Waals surface area contributed by atoms with Gasteiger partial charge in [0.1, 0.15) is 0 Å². The third kappa shape index (κ3) is 1.84. The van der Waals surface area contributed by atoms with Gasteiger partial charge in [-0.3, -0.25) is 0 Å². The summed E-state index contributed by atoms with van der Waals surface area (Å²) in [6, 6.07) is 8.55. The number of rotatable bonds is 2. The molecule has 0 spiro atoms. The van der Waals surface area contributed by atoms with Crippen LogP contribution in [0.15, 0.2) is 30.3 Å². The van der Waals surface area contributed by atoms with E-state index in [9.17, 15) is 5.11 Å². The van der Waals surface area contributed by atoms with Gasteiger partial charge in [-0.25, -0.2) is 0 Å². The number of aliphatic hydroxyl groups is 1. The van der Waals surface area contributed by atoms with E-state index >= 15 is 0 Å². The molecule has 2 atom stereocenters. The summed E-state index contributed by atoms with van der Waals surface area (Å²) in [5.41, 5.74) is 4.07. The highest BCUT2D eigenvalue weighted by atomic mass is 16.3. The second kappa shape index (κ2) is 4.19. The lowest BCUT2D eigenvalue weighted by atomic mass is 9.80. The highest BCUT2D eigenvalue weighted by Gasteiger charge is 2.20. The third-order valence-corrected chi connectivity index (χ3v) is 3.30. The zero-order valence-corrected chi connectivity index (χ0v) is 9.40. The maximum Gasteiger partial charge on any atom is 0.0497 e. The van der Waals surface area contributed by atoms with E-state index in [1.54, 1.807) is 0 Å². The molecule has 1 heteroatoms. The lowest BCUT2D eigenvalue weighted by Crippen LogP contribution is -2.11. The SMILES string of the molecule is CC(CO)C1=CCC(C)c2ccccc21. The summed E-state index contributed by atoms with van der Waals surface area (Å²) in [4.78, 5) is 0. The summed E-state index contributed by atoms with van der Waals surface area (Å²) in [7, 11) is 0. The van der Waals surface area contributed by atoms with Gasteiger partial charge in [-0.1, -0.05) is 44.2 Å². The summed E-state index contributed by atoms with van der Waals surface area (Å²) < 4.78 is 0. The zero-order chi connectivity index (χ0) is 10.8. The minimum absolute atomic E-state index is 0.231. The van der Waals surface area contributed by atoms with E-state index in [0.717, 1.165) is 6.42 Å². The molecular weight excluding hydrogens is 184 g/mol. The second-order valence-corrected chi connectivity index (χ2v) is 4.47. The Hall–Kier alpha value is -1.08. The molecule has 0 saturated carbocycles. The van der Waals surface area contributed by atoms with Gasteiger partial charge in [0, 0.05) is 12.5 Å². The lowest BCUT2D eigenvalue weighted by molar-refractivity contribution is 0.265. The molecule has 1 aliphatic carbocycles. The van der Waals surface area contributed by atoms with Crippen LogP contribution < -0.4 is 0 Å². The quantitative estimate of drug-likeness (QED) is 0.780. The van der Waals surface area contributed by atoms with Gasteiger partial charge in [-0.2, -0.15) is 0 Å². The van der Waals surface area contributed by atoms with Crippen LogP contribution in [-0.2, 0) is 0 Å². The maximum absolute atomic E-state index is 9.24. The van der Waals surface area contributed by atoms with E-state index in [0.29, 0.717) is 5.92 Å². The number of allylic oxidation sites excluding steroid dienone is 1. The van der Waals surface area contributed by atoms with Crippen LogP contribution in [0, 0.1) is 5.92 Å². The molecule has 1 aliphatic rings. The summed E-state index contributed by atoms with van der Waals surface area (Å²) in [5.74, 6) is 0.856. The maximum atomic E-state index is 9.24. The molecule has 80 valence electrons. The van der Waals surface area contributed by atoms with E-state index in [-0.39, 0.29) is 12.5 Å². The Balaban J connectivity index is 2.45. The molecule has 1 nitrogen and oxygen atoms in total. The molecule has 0 radical (unpaired) electrons. The normalized spacial score (nSPS) is 21.8. The average molecular weight is 202 g/mol. The minimum Gasteiger partial charge on any atom is -0.396 e. The fraction of sp³-hybridized carbons (Fsp3) is 0.429. The molecule has 0 saturated heterocycles. The molecule has 0 heterocycles. The van der Waals surface area contributed by atoms with Crippen molar-refractivity contribution in [2.75, 3.05) is 6.61 Å². The Morgan fingerprint density at radius 1 is 1.40 bits per heavy atom. The molecule has 2 unspecified atom stereocenters. The van der Waals surface area contributed by atoms with Crippen molar-refractivity contribution in [3.05, 3.63) is 41.5 Å². The highest BCUT2D eigenvalue weighted by Crippen LogP contribution is 2.37. The predicted molar refractivity (Wildman–Crippen MR) is 63.7 cm³/mol. The predicted octanol–water partition coefficient (Wildman–Crippen LogP) is 3.21. The van der Waals surface area contributed by atoms with Crippen LogP contribution in [0.3, 0.4) is 0 Å². The van der Waals surface area contributed by atoms with Crippen molar-refractivity contribution >= 4 is 5.57 Å². The third-order valence-electron chi connectivity index (χ3n) is 3.30. The number of hydrogen-bond acceptors (Lipinski definition) is 1. The van der Waals surface area contributed by atoms with Crippen molar-refractivity contribution in [2.24, 2.45) is 5.92 Å². The molecule has 1 aromatic carbocycles. The van der Waals surface area contributed by atoms with E-state index < -0.39 is 0 Å². The molecule has 2 rings (SSSR count). The Morgan fingerprint density at radius 3 is 2.87 bits per heavy atom. The van der Waals surface area contributed by atoms with Crippen LogP contribution in [0.25, 0.3) is 5.57 Å². The lowest BCUT2D eigenvalue weighted by Gasteiger charge is -2.25. The Bertz CT molecular complexity index is 379. The van der Waals surface area contributed by atoms with Crippen LogP contribution in [0.1, 0.15) is 37.3 Å². The van der Waals surface area contributed by atoms with Crippen molar-refractivity contribution in [1.82, 2.24) is 0 Å². The van der Waals surface area contributed by atoms with Gasteiger partial charge in [0.2, 0.25) is 0 Å². The van der Waals surface area contributed by atoms with Crippen molar-refractivity contribution < 1.29 is 5.11 Å². The van der Waals surface area contributed by atoms with E-state index in [2.05, 4.69) is 44.2 Å². The number of hydrogen-bond donors (Lipinski definition) is 1. The topological polar surface area (TPSA) is 20.2 Å². The van der Waals surface area contributed by atoms with Gasteiger partial charge < -0.3 is 5.11 Å². The monoisotopic (exact) mass is 202 g/mol. The first-order valence-electron chi connectivity index (χ1n) is 5.64. The van der Waals surface area contributed by atoms with Gasteiger partial charge in [0.25, 0.3) is 0 Å². The molecule has 15 heavy (non-hydrogen) atoms. The van der Waals surface area contributed by atoms with Crippen LogP contribution in [0.5, 0.6) is 0 Å². The van der Waals surface area contributed by atoms with Crippen molar-refractivity contribution in [3.8, 4) is 0 Å². The average Bonchev–Trinajstić information content (AvgIpc) is 2.29. The molecule has 1 aromatic rings. The largest absolute Gasteiger partial charge is 0.396 e. The van der Waals surface area contributed by atoms with E-state index in [4.69, 9.17) is 0 Å². The van der Waals surface area contributed by atoms with Crippen molar-refractivity contribution in [1.29, 1.82) is 0 Å². The highest BCUT2D eigenvalue weighted by molar-refractivity contribution is 5.72. The van der Waals surface area contributed by atoms with Gasteiger partial charge in [0.05, 0.1) is 0 Å². The Morgan fingerprint density at radius 2 is 2.13 bits per heavy atom. The Labute approximate surface area is 91.4 Å². The first-order valence-corrected chi connectivity index (χ1v) is 5.64. The molecular formula is C14H18O. The van der Waals surface area contributed by atoms with Gasteiger partial charge in [0.15, 0.2) is 0 Å². The van der Waals surface area contributed by atoms with Crippen LogP contribution in [0.4, 0.5) is 0 Å². The molecule has 0 amide bonds. The number of fused-ring (bicyclic) bond motifs is 1. The smallest absolute Gasteiger partial charge is 0.0497 e. The molecule has 0 bridgehead atoms. The summed E-state index contributed by atoms with van der Waals surface area (Å²) >= 11 is 0. The van der Waals surface area contributed by atoms with E-state index in [1.807, 2.05) is 0 Å². The van der Waals surface area contributed by atoms with Gasteiger partial charge in [-0.05, 0) is 29.0 Å². The molecule has 1 N–H and O–H groups in total. The molecule has 0 aliphatic heterocycles. The summed E-state index contributed by atoms with van der Waals surface area (Å²) in [6.07, 6.45) is 3.38. The standard InChI is InChI=1S/C14H18O/c1-10-7-8-13(11(2)9-15)14-6-4-3-5-12(10)14/h3-6,8,10-11,15H,7,9H2,1-2H3. The second-order valence-electron chi connectivity index (χ2n) is 4.47. The summed E-state index contributed by atoms with van der Waals surface area (Å²) in [6.45, 7) is 4.57. The number of aliphatic hydroxyl groups excluding tert-OH is 1. The fourth-order valence-corrected chi connectivity index (χ4v) is 2.30. The first kappa shape index (κ1) is 10.4. The van der Waals surface area contributed by atoms with Crippen LogP contribution in [0.2, 0.25) is 0 Å². The summed E-state index contributed by atoms with van der Waals surface area (Å²) in [5, 5.41) is 9.24. The van der Waals surface area contributed by atoms with Gasteiger partial charge >= 0.3 is 0 Å². The van der Waals surface area contributed by atoms with Crippen LogP contribution >= 0.6 is 0 Å². The zero-order valence-electron chi connectivity index (χ0n) is 9.40. The van der Waals surface area contributed by atoms with Gasteiger partial charge in [-0.15, -0.1) is 0 Å². The Kier molecular flexibility index (Phi) is 2.92. The van der Waals surface area contributed by atoms with Crippen molar-refractivity contribution in [2.45, 2.75) is 26.2 Å².